The summed E-state index contributed by atoms with van der Waals surface area (Å²) in [6, 6.07) is 15.1. The first-order valence-corrected chi connectivity index (χ1v) is 11.4. The predicted molar refractivity (Wildman–Crippen MR) is 125 cm³/mol. The molecule has 0 unspecified atom stereocenters. The SMILES string of the molecule is CCOc1ccc(-c2n[nH]c(=S)n2CCC(=O)N2CCC(c3ccc(O)cc3)CC2)cc1. The number of rotatable bonds is 7. The van der Waals surface area contributed by atoms with Gasteiger partial charge in [0.25, 0.3) is 0 Å². The highest BCUT2D eigenvalue weighted by molar-refractivity contribution is 7.71. The lowest BCUT2D eigenvalue weighted by Crippen LogP contribution is -2.38. The smallest absolute Gasteiger partial charge is 0.224 e. The van der Waals surface area contributed by atoms with Gasteiger partial charge in [0.05, 0.1) is 6.61 Å². The third-order valence-corrected chi connectivity index (χ3v) is 6.25. The van der Waals surface area contributed by atoms with Crippen molar-refractivity contribution in [3.8, 4) is 22.9 Å². The zero-order valence-corrected chi connectivity index (χ0v) is 19.0. The van der Waals surface area contributed by atoms with Crippen LogP contribution in [0.15, 0.2) is 48.5 Å². The van der Waals surface area contributed by atoms with E-state index in [2.05, 4.69) is 10.2 Å². The highest BCUT2D eigenvalue weighted by atomic mass is 32.1. The normalized spacial score (nSPS) is 14.5. The van der Waals surface area contributed by atoms with E-state index < -0.39 is 0 Å². The maximum absolute atomic E-state index is 12.9. The number of piperidine rings is 1. The van der Waals surface area contributed by atoms with Gasteiger partial charge in [0.1, 0.15) is 11.5 Å². The Hall–Kier alpha value is -3.13. The maximum Gasteiger partial charge on any atom is 0.224 e. The second-order valence-corrected chi connectivity index (χ2v) is 8.34. The molecule has 2 N–H and O–H groups in total. The van der Waals surface area contributed by atoms with Crippen LogP contribution in [0.25, 0.3) is 11.4 Å². The number of nitrogens with zero attached hydrogens (tertiary/aromatic N) is 3. The topological polar surface area (TPSA) is 83.4 Å². The van der Waals surface area contributed by atoms with E-state index in [1.165, 1.54) is 5.56 Å². The van der Waals surface area contributed by atoms with Gasteiger partial charge in [0.15, 0.2) is 10.6 Å². The van der Waals surface area contributed by atoms with Crippen molar-refractivity contribution >= 4 is 18.1 Å². The van der Waals surface area contributed by atoms with Gasteiger partial charge in [-0.2, -0.15) is 5.10 Å². The van der Waals surface area contributed by atoms with Crippen LogP contribution in [-0.4, -0.2) is 50.4 Å². The van der Waals surface area contributed by atoms with Crippen molar-refractivity contribution in [2.45, 2.75) is 38.6 Å². The molecule has 8 heteroatoms. The minimum atomic E-state index is 0.134. The Bertz CT molecular complexity index is 1100. The number of aromatic hydroxyl groups is 1. The number of carbonyl (C=O) groups is 1. The van der Waals surface area contributed by atoms with Gasteiger partial charge in [0, 0.05) is 31.6 Å². The Balaban J connectivity index is 1.35. The number of amides is 1. The van der Waals surface area contributed by atoms with Crippen LogP contribution >= 0.6 is 12.2 Å². The number of likely N-dealkylation sites (tertiary alicyclic amines) is 1. The van der Waals surface area contributed by atoms with E-state index in [1.807, 2.05) is 52.8 Å². The molecule has 1 aliphatic rings. The molecule has 1 fully saturated rings. The Labute approximate surface area is 192 Å². The van der Waals surface area contributed by atoms with Crippen LogP contribution in [0, 0.1) is 4.77 Å². The standard InChI is InChI=1S/C24H28N4O3S/c1-2-31-21-9-5-19(6-10-21)23-25-26-24(32)28(23)16-13-22(30)27-14-11-18(12-15-27)17-3-7-20(29)8-4-17/h3-10,18,29H,2,11-16H2,1H3,(H,26,32). The van der Waals surface area contributed by atoms with Crippen molar-refractivity contribution in [2.75, 3.05) is 19.7 Å². The Kier molecular flexibility index (Phi) is 6.90. The number of aromatic nitrogens is 3. The molecule has 0 aliphatic carbocycles. The molecular weight excluding hydrogens is 424 g/mol. The van der Waals surface area contributed by atoms with Crippen molar-refractivity contribution in [3.63, 3.8) is 0 Å². The second-order valence-electron chi connectivity index (χ2n) is 7.96. The van der Waals surface area contributed by atoms with Gasteiger partial charge in [-0.15, -0.1) is 0 Å². The van der Waals surface area contributed by atoms with Crippen molar-refractivity contribution in [1.29, 1.82) is 0 Å². The number of phenols is 1. The van der Waals surface area contributed by atoms with E-state index in [0.29, 0.717) is 30.3 Å². The minimum absolute atomic E-state index is 0.134. The van der Waals surface area contributed by atoms with E-state index in [0.717, 1.165) is 43.1 Å². The molecule has 1 aliphatic heterocycles. The van der Waals surface area contributed by atoms with Crippen LogP contribution in [0.1, 0.15) is 37.7 Å². The summed E-state index contributed by atoms with van der Waals surface area (Å²) in [5, 5.41) is 16.7. The predicted octanol–water partition coefficient (Wildman–Crippen LogP) is 4.51. The summed E-state index contributed by atoms with van der Waals surface area (Å²) in [7, 11) is 0. The van der Waals surface area contributed by atoms with Crippen LogP contribution in [0.2, 0.25) is 0 Å². The number of phenolic OH excluding ortho intramolecular Hbond substituents is 1. The van der Waals surface area contributed by atoms with Gasteiger partial charge in [-0.1, -0.05) is 12.1 Å². The van der Waals surface area contributed by atoms with Crippen LogP contribution in [0.3, 0.4) is 0 Å². The molecule has 7 nitrogen and oxygen atoms in total. The number of aromatic amines is 1. The lowest BCUT2D eigenvalue weighted by molar-refractivity contribution is -0.132. The van der Waals surface area contributed by atoms with Crippen molar-refractivity contribution in [2.24, 2.45) is 0 Å². The molecule has 0 bridgehead atoms. The maximum atomic E-state index is 12.9. The molecule has 0 radical (unpaired) electrons. The zero-order chi connectivity index (χ0) is 22.5. The molecule has 0 spiro atoms. The zero-order valence-electron chi connectivity index (χ0n) is 18.2. The molecule has 2 aromatic carbocycles. The molecule has 2 heterocycles. The van der Waals surface area contributed by atoms with Crippen LogP contribution in [-0.2, 0) is 11.3 Å². The van der Waals surface area contributed by atoms with E-state index in [9.17, 15) is 9.90 Å². The summed E-state index contributed by atoms with van der Waals surface area (Å²) in [4.78, 5) is 14.8. The molecule has 4 rings (SSSR count). The van der Waals surface area contributed by atoms with E-state index >= 15 is 0 Å². The highest BCUT2D eigenvalue weighted by Crippen LogP contribution is 2.29. The molecule has 1 saturated heterocycles. The largest absolute Gasteiger partial charge is 0.508 e. The van der Waals surface area contributed by atoms with Crippen molar-refractivity contribution < 1.29 is 14.6 Å². The summed E-state index contributed by atoms with van der Waals surface area (Å²) in [5.74, 6) is 2.37. The van der Waals surface area contributed by atoms with Crippen LogP contribution < -0.4 is 4.74 Å². The minimum Gasteiger partial charge on any atom is -0.508 e. The molecule has 32 heavy (non-hydrogen) atoms. The van der Waals surface area contributed by atoms with Gasteiger partial charge >= 0.3 is 0 Å². The third kappa shape index (κ3) is 5.02. The lowest BCUT2D eigenvalue weighted by atomic mass is 9.89. The van der Waals surface area contributed by atoms with Crippen molar-refractivity contribution in [3.05, 3.63) is 58.9 Å². The average molecular weight is 453 g/mol. The first-order chi connectivity index (χ1) is 15.5. The molecular formula is C24H28N4O3S. The number of ether oxygens (including phenoxy) is 1. The number of carbonyl (C=O) groups excluding carboxylic acids is 1. The Morgan fingerprint density at radius 3 is 2.50 bits per heavy atom. The Morgan fingerprint density at radius 1 is 1.16 bits per heavy atom. The fourth-order valence-corrected chi connectivity index (χ4v) is 4.41. The van der Waals surface area contributed by atoms with Crippen molar-refractivity contribution in [1.82, 2.24) is 19.7 Å². The number of hydrogen-bond acceptors (Lipinski definition) is 5. The second kappa shape index (κ2) is 9.99. The summed E-state index contributed by atoms with van der Waals surface area (Å²) in [6.45, 7) is 4.53. The third-order valence-electron chi connectivity index (χ3n) is 5.94. The number of nitrogens with one attached hydrogen (secondary N) is 1. The monoisotopic (exact) mass is 452 g/mol. The number of hydrogen-bond donors (Lipinski definition) is 2. The molecule has 1 aromatic heterocycles. The van der Waals surface area contributed by atoms with Gasteiger partial charge in [-0.05, 0) is 79.9 Å². The Morgan fingerprint density at radius 2 is 1.84 bits per heavy atom. The first kappa shape index (κ1) is 22.1. The lowest BCUT2D eigenvalue weighted by Gasteiger charge is -2.32. The van der Waals surface area contributed by atoms with Gasteiger partial charge in [-0.3, -0.25) is 14.5 Å². The van der Waals surface area contributed by atoms with Gasteiger partial charge in [-0.25, -0.2) is 0 Å². The van der Waals surface area contributed by atoms with E-state index in [1.54, 1.807) is 12.1 Å². The fourth-order valence-electron chi connectivity index (χ4n) is 4.19. The van der Waals surface area contributed by atoms with Gasteiger partial charge < -0.3 is 14.7 Å². The molecule has 0 atom stereocenters. The molecule has 168 valence electrons. The first-order valence-electron chi connectivity index (χ1n) is 11.0. The summed E-state index contributed by atoms with van der Waals surface area (Å²) < 4.78 is 7.89. The average Bonchev–Trinajstić information content (AvgIpc) is 3.19. The van der Waals surface area contributed by atoms with E-state index in [-0.39, 0.29) is 11.7 Å². The molecule has 1 amide bonds. The summed E-state index contributed by atoms with van der Waals surface area (Å²) >= 11 is 5.40. The van der Waals surface area contributed by atoms with Gasteiger partial charge in [0.2, 0.25) is 5.91 Å². The highest BCUT2D eigenvalue weighted by Gasteiger charge is 2.24. The van der Waals surface area contributed by atoms with Crippen LogP contribution in [0.4, 0.5) is 0 Å². The summed E-state index contributed by atoms with van der Waals surface area (Å²) in [5.41, 5.74) is 2.14. The van der Waals surface area contributed by atoms with E-state index in [4.69, 9.17) is 17.0 Å². The van der Waals surface area contributed by atoms with Crippen LogP contribution in [0.5, 0.6) is 11.5 Å². The summed E-state index contributed by atoms with van der Waals surface area (Å²) in [6.07, 6.45) is 2.24. The fraction of sp³-hybridized carbons (Fsp3) is 0.375. The molecule has 0 saturated carbocycles. The number of H-pyrrole nitrogens is 1. The quantitative estimate of drug-likeness (QED) is 0.516. The molecule has 3 aromatic rings. The number of benzene rings is 2.